The van der Waals surface area contributed by atoms with Crippen LogP contribution in [0.2, 0.25) is 0 Å². The molecule has 0 aliphatic rings. The van der Waals surface area contributed by atoms with Gasteiger partial charge >= 0.3 is 0 Å². The molecule has 0 aliphatic heterocycles. The smallest absolute Gasteiger partial charge is 0.107 e. The zero-order valence-electron chi connectivity index (χ0n) is 8.42. The number of nitrogens with zero attached hydrogens (tertiary/aromatic N) is 1. The molecule has 1 aromatic carbocycles. The van der Waals surface area contributed by atoms with Gasteiger partial charge in [0.05, 0.1) is 10.2 Å². The van der Waals surface area contributed by atoms with Crippen molar-refractivity contribution in [2.24, 2.45) is 5.73 Å². The average molecular weight is 266 g/mol. The Bertz CT molecular complexity index is 476. The summed E-state index contributed by atoms with van der Waals surface area (Å²) in [6, 6.07) is 8.14. The van der Waals surface area contributed by atoms with E-state index in [9.17, 15) is 0 Å². The molecule has 2 aromatic rings. The first-order valence-electron chi connectivity index (χ1n) is 4.73. The molecule has 2 rings (SSSR count). The number of aromatic nitrogens is 2. The molecule has 1 aromatic heterocycles. The number of halogens is 1. The van der Waals surface area contributed by atoms with Gasteiger partial charge in [0.2, 0.25) is 0 Å². The number of nitrogens with two attached hydrogens (primary N) is 1. The Morgan fingerprint density at radius 1 is 1.40 bits per heavy atom. The van der Waals surface area contributed by atoms with E-state index in [2.05, 4.69) is 45.2 Å². The van der Waals surface area contributed by atoms with Crippen molar-refractivity contribution < 1.29 is 0 Å². The van der Waals surface area contributed by atoms with Gasteiger partial charge in [0.25, 0.3) is 0 Å². The first-order valence-corrected chi connectivity index (χ1v) is 5.52. The Morgan fingerprint density at radius 3 is 2.73 bits per heavy atom. The predicted octanol–water partition coefficient (Wildman–Crippen LogP) is 2.61. The van der Waals surface area contributed by atoms with Gasteiger partial charge in [0, 0.05) is 12.1 Å². The summed E-state index contributed by atoms with van der Waals surface area (Å²) in [5.74, 6) is 0. The average Bonchev–Trinajstić information content (AvgIpc) is 2.60. The fraction of sp³-hybridized carbons (Fsp3) is 0.182. The number of aryl methyl sites for hydroxylation is 1. The molecule has 0 fully saturated rings. The van der Waals surface area contributed by atoms with Gasteiger partial charge in [-0.25, -0.2) is 0 Å². The number of nitrogens with one attached hydrogen (secondary N) is 1. The Labute approximate surface area is 96.8 Å². The van der Waals surface area contributed by atoms with Crippen molar-refractivity contribution in [1.82, 2.24) is 10.2 Å². The molecule has 0 atom stereocenters. The lowest BCUT2D eigenvalue weighted by Crippen LogP contribution is -1.96. The molecule has 0 saturated carbocycles. The molecule has 78 valence electrons. The predicted molar refractivity (Wildman–Crippen MR) is 64.4 cm³/mol. The molecule has 0 amide bonds. The van der Waals surface area contributed by atoms with Gasteiger partial charge in [-0.15, -0.1) is 0 Å². The SMILES string of the molecule is Cc1ccccc1-c1n[nH]c(CN)c1Br. The van der Waals surface area contributed by atoms with Gasteiger partial charge in [0.1, 0.15) is 5.69 Å². The van der Waals surface area contributed by atoms with Crippen LogP contribution < -0.4 is 5.73 Å². The molecule has 4 heteroatoms. The monoisotopic (exact) mass is 265 g/mol. The number of rotatable bonds is 2. The molecule has 0 radical (unpaired) electrons. The van der Waals surface area contributed by atoms with Crippen LogP contribution in [0.25, 0.3) is 11.3 Å². The van der Waals surface area contributed by atoms with E-state index in [4.69, 9.17) is 5.73 Å². The molecule has 3 nitrogen and oxygen atoms in total. The van der Waals surface area contributed by atoms with Crippen molar-refractivity contribution in [2.45, 2.75) is 13.5 Å². The second-order valence-electron chi connectivity index (χ2n) is 3.38. The standard InChI is InChI=1S/C11H12BrN3/c1-7-4-2-3-5-8(7)11-10(12)9(6-13)14-15-11/h2-5H,6,13H2,1H3,(H,14,15). The molecule has 15 heavy (non-hydrogen) atoms. The Morgan fingerprint density at radius 2 is 2.13 bits per heavy atom. The zero-order chi connectivity index (χ0) is 10.8. The Balaban J connectivity index is 2.55. The van der Waals surface area contributed by atoms with Crippen LogP contribution in [0.5, 0.6) is 0 Å². The van der Waals surface area contributed by atoms with Crippen molar-refractivity contribution >= 4 is 15.9 Å². The maximum atomic E-state index is 5.58. The minimum atomic E-state index is 0.458. The summed E-state index contributed by atoms with van der Waals surface area (Å²) in [4.78, 5) is 0. The van der Waals surface area contributed by atoms with Crippen LogP contribution in [-0.4, -0.2) is 10.2 Å². The Hall–Kier alpha value is -1.13. The minimum Gasteiger partial charge on any atom is -0.325 e. The molecule has 0 spiro atoms. The fourth-order valence-corrected chi connectivity index (χ4v) is 2.07. The molecular formula is C11H12BrN3. The van der Waals surface area contributed by atoms with Gasteiger partial charge < -0.3 is 5.73 Å². The Kier molecular flexibility index (Phi) is 2.88. The molecule has 0 saturated heterocycles. The molecule has 0 unspecified atom stereocenters. The van der Waals surface area contributed by atoms with Crippen LogP contribution >= 0.6 is 15.9 Å². The summed E-state index contributed by atoms with van der Waals surface area (Å²) in [7, 11) is 0. The van der Waals surface area contributed by atoms with Crippen LogP contribution in [0.3, 0.4) is 0 Å². The highest BCUT2D eigenvalue weighted by Gasteiger charge is 2.12. The highest BCUT2D eigenvalue weighted by atomic mass is 79.9. The number of benzene rings is 1. The molecule has 1 heterocycles. The maximum absolute atomic E-state index is 5.58. The van der Waals surface area contributed by atoms with E-state index in [1.807, 2.05) is 12.1 Å². The van der Waals surface area contributed by atoms with Crippen molar-refractivity contribution in [3.8, 4) is 11.3 Å². The molecule has 3 N–H and O–H groups in total. The third-order valence-corrected chi connectivity index (χ3v) is 3.23. The van der Waals surface area contributed by atoms with Gasteiger partial charge in [0.15, 0.2) is 0 Å². The van der Waals surface area contributed by atoms with Crippen molar-refractivity contribution in [2.75, 3.05) is 0 Å². The van der Waals surface area contributed by atoms with Gasteiger partial charge in [-0.1, -0.05) is 24.3 Å². The van der Waals surface area contributed by atoms with Gasteiger partial charge in [-0.3, -0.25) is 5.10 Å². The number of H-pyrrole nitrogens is 1. The lowest BCUT2D eigenvalue weighted by Gasteiger charge is -2.02. The summed E-state index contributed by atoms with van der Waals surface area (Å²) in [5, 5.41) is 7.19. The van der Waals surface area contributed by atoms with E-state index < -0.39 is 0 Å². The maximum Gasteiger partial charge on any atom is 0.107 e. The summed E-state index contributed by atoms with van der Waals surface area (Å²) < 4.78 is 0.958. The quantitative estimate of drug-likeness (QED) is 0.877. The topological polar surface area (TPSA) is 54.7 Å². The highest BCUT2D eigenvalue weighted by Crippen LogP contribution is 2.30. The van der Waals surface area contributed by atoms with Crippen LogP contribution in [0, 0.1) is 6.92 Å². The van der Waals surface area contributed by atoms with Crippen molar-refractivity contribution in [3.05, 3.63) is 40.0 Å². The number of hydrogen-bond acceptors (Lipinski definition) is 2. The number of aromatic amines is 1. The lowest BCUT2D eigenvalue weighted by molar-refractivity contribution is 0.945. The van der Waals surface area contributed by atoms with Crippen molar-refractivity contribution in [3.63, 3.8) is 0 Å². The van der Waals surface area contributed by atoms with Gasteiger partial charge in [-0.05, 0) is 28.4 Å². The highest BCUT2D eigenvalue weighted by molar-refractivity contribution is 9.10. The second-order valence-corrected chi connectivity index (χ2v) is 4.18. The summed E-state index contributed by atoms with van der Waals surface area (Å²) in [5.41, 5.74) is 9.76. The summed E-state index contributed by atoms with van der Waals surface area (Å²) in [6.45, 7) is 2.53. The molecule has 0 bridgehead atoms. The summed E-state index contributed by atoms with van der Waals surface area (Å²) >= 11 is 3.51. The minimum absolute atomic E-state index is 0.458. The molecule has 0 aliphatic carbocycles. The fourth-order valence-electron chi connectivity index (χ4n) is 1.52. The van der Waals surface area contributed by atoms with E-state index in [0.717, 1.165) is 21.4 Å². The number of hydrogen-bond donors (Lipinski definition) is 2. The van der Waals surface area contributed by atoms with E-state index in [1.165, 1.54) is 5.56 Å². The van der Waals surface area contributed by atoms with Crippen molar-refractivity contribution in [1.29, 1.82) is 0 Å². The third kappa shape index (κ3) is 1.82. The summed E-state index contributed by atoms with van der Waals surface area (Å²) in [6.07, 6.45) is 0. The lowest BCUT2D eigenvalue weighted by atomic mass is 10.1. The first kappa shape index (κ1) is 10.4. The normalized spacial score (nSPS) is 10.6. The van der Waals surface area contributed by atoms with E-state index in [-0.39, 0.29) is 0 Å². The van der Waals surface area contributed by atoms with Crippen LogP contribution in [0.1, 0.15) is 11.3 Å². The van der Waals surface area contributed by atoms with E-state index >= 15 is 0 Å². The van der Waals surface area contributed by atoms with Crippen LogP contribution in [-0.2, 0) is 6.54 Å². The van der Waals surface area contributed by atoms with E-state index in [1.54, 1.807) is 0 Å². The van der Waals surface area contributed by atoms with E-state index in [0.29, 0.717) is 6.54 Å². The van der Waals surface area contributed by atoms with Crippen LogP contribution in [0.4, 0.5) is 0 Å². The van der Waals surface area contributed by atoms with Gasteiger partial charge in [-0.2, -0.15) is 5.10 Å². The first-order chi connectivity index (χ1) is 7.24. The zero-order valence-corrected chi connectivity index (χ0v) is 10.0. The van der Waals surface area contributed by atoms with Crippen LogP contribution in [0.15, 0.2) is 28.7 Å². The largest absolute Gasteiger partial charge is 0.325 e. The third-order valence-electron chi connectivity index (χ3n) is 2.38. The second kappa shape index (κ2) is 4.16. The molecular weight excluding hydrogens is 254 g/mol.